The minimum Gasteiger partial charge on any atom is -0.381 e. The summed E-state index contributed by atoms with van der Waals surface area (Å²) >= 11 is 0. The first-order valence-corrected chi connectivity index (χ1v) is 6.75. The summed E-state index contributed by atoms with van der Waals surface area (Å²) in [6, 6.07) is 0.0536. The van der Waals surface area contributed by atoms with Crippen molar-refractivity contribution >= 4 is 5.91 Å². The summed E-state index contributed by atoms with van der Waals surface area (Å²) in [5.74, 6) is 0.966. The van der Waals surface area contributed by atoms with Crippen LogP contribution in [0.25, 0.3) is 0 Å². The molecule has 2 unspecified atom stereocenters. The van der Waals surface area contributed by atoms with Gasteiger partial charge in [-0.2, -0.15) is 0 Å². The van der Waals surface area contributed by atoms with E-state index in [2.05, 4.69) is 12.2 Å². The molecule has 0 spiro atoms. The highest BCUT2D eigenvalue weighted by Crippen LogP contribution is 2.19. The van der Waals surface area contributed by atoms with Gasteiger partial charge in [-0.05, 0) is 38.1 Å². The molecule has 4 heteroatoms. The van der Waals surface area contributed by atoms with Crippen molar-refractivity contribution in [3.8, 4) is 0 Å². The lowest BCUT2D eigenvalue weighted by molar-refractivity contribution is -0.136. The van der Waals surface area contributed by atoms with E-state index in [1.807, 2.05) is 4.90 Å². The molecule has 2 rings (SSSR count). The normalized spacial score (nSPS) is 31.5. The number of methoxy groups -OCH3 is 1. The van der Waals surface area contributed by atoms with Crippen LogP contribution in [0.3, 0.4) is 0 Å². The Bertz CT molecular complexity index is 262. The molecule has 4 nitrogen and oxygen atoms in total. The van der Waals surface area contributed by atoms with E-state index in [0.29, 0.717) is 17.9 Å². The summed E-state index contributed by atoms with van der Waals surface area (Å²) in [5, 5.41) is 3.35. The fourth-order valence-corrected chi connectivity index (χ4v) is 2.83. The van der Waals surface area contributed by atoms with Gasteiger partial charge in [-0.3, -0.25) is 4.79 Å². The van der Waals surface area contributed by atoms with Crippen LogP contribution in [0.1, 0.15) is 32.6 Å². The second-order valence-electron chi connectivity index (χ2n) is 5.40. The first kappa shape index (κ1) is 12.8. The van der Waals surface area contributed by atoms with Gasteiger partial charge in [-0.25, -0.2) is 0 Å². The highest BCUT2D eigenvalue weighted by molar-refractivity contribution is 5.82. The van der Waals surface area contributed by atoms with Crippen LogP contribution in [0.4, 0.5) is 0 Å². The van der Waals surface area contributed by atoms with Crippen LogP contribution in [0, 0.1) is 5.92 Å². The van der Waals surface area contributed by atoms with Crippen molar-refractivity contribution in [2.75, 3.05) is 26.7 Å². The number of ether oxygens (including phenoxy) is 1. The Balaban J connectivity index is 1.83. The zero-order valence-corrected chi connectivity index (χ0v) is 10.9. The first-order valence-electron chi connectivity index (χ1n) is 6.75. The van der Waals surface area contributed by atoms with Crippen molar-refractivity contribution in [3.63, 3.8) is 0 Å². The second-order valence-corrected chi connectivity index (χ2v) is 5.40. The number of piperidine rings is 2. The molecule has 2 aliphatic rings. The Labute approximate surface area is 104 Å². The molecule has 0 aromatic carbocycles. The van der Waals surface area contributed by atoms with Crippen molar-refractivity contribution in [3.05, 3.63) is 0 Å². The predicted octanol–water partition coefficient (Wildman–Crippen LogP) is 1.01. The van der Waals surface area contributed by atoms with Gasteiger partial charge in [-0.1, -0.05) is 6.92 Å². The number of hydrogen-bond acceptors (Lipinski definition) is 3. The van der Waals surface area contributed by atoms with Crippen molar-refractivity contribution in [2.45, 2.75) is 44.8 Å². The summed E-state index contributed by atoms with van der Waals surface area (Å²) in [6.07, 6.45) is 4.48. The minimum absolute atomic E-state index is 0.0536. The molecule has 2 atom stereocenters. The molecule has 2 saturated heterocycles. The van der Waals surface area contributed by atoms with Crippen LogP contribution < -0.4 is 5.32 Å². The van der Waals surface area contributed by atoms with E-state index in [0.717, 1.165) is 38.9 Å². The van der Waals surface area contributed by atoms with Crippen molar-refractivity contribution < 1.29 is 9.53 Å². The number of rotatable bonds is 2. The van der Waals surface area contributed by atoms with Crippen molar-refractivity contribution in [1.29, 1.82) is 0 Å². The number of hydrogen-bond donors (Lipinski definition) is 1. The zero-order chi connectivity index (χ0) is 12.3. The molecule has 0 saturated carbocycles. The van der Waals surface area contributed by atoms with Crippen LogP contribution in [0.2, 0.25) is 0 Å². The van der Waals surface area contributed by atoms with Gasteiger partial charge >= 0.3 is 0 Å². The van der Waals surface area contributed by atoms with Crippen LogP contribution in [0.5, 0.6) is 0 Å². The summed E-state index contributed by atoms with van der Waals surface area (Å²) < 4.78 is 5.33. The molecule has 0 aromatic heterocycles. The number of likely N-dealkylation sites (tertiary alicyclic amines) is 1. The lowest BCUT2D eigenvalue weighted by Gasteiger charge is -2.36. The maximum Gasteiger partial charge on any atom is 0.239 e. The minimum atomic E-state index is 0.0536. The third kappa shape index (κ3) is 3.19. The van der Waals surface area contributed by atoms with Gasteiger partial charge in [0.05, 0.1) is 12.1 Å². The molecular weight excluding hydrogens is 216 g/mol. The number of amides is 1. The smallest absolute Gasteiger partial charge is 0.239 e. The third-order valence-electron chi connectivity index (χ3n) is 4.05. The van der Waals surface area contributed by atoms with E-state index >= 15 is 0 Å². The Hall–Kier alpha value is -0.610. The maximum absolute atomic E-state index is 12.3. The van der Waals surface area contributed by atoms with Crippen molar-refractivity contribution in [1.82, 2.24) is 10.2 Å². The number of nitrogens with one attached hydrogen (secondary N) is 1. The van der Waals surface area contributed by atoms with E-state index in [4.69, 9.17) is 4.74 Å². The fourth-order valence-electron chi connectivity index (χ4n) is 2.83. The van der Waals surface area contributed by atoms with Crippen molar-refractivity contribution in [2.24, 2.45) is 5.92 Å². The van der Waals surface area contributed by atoms with Gasteiger partial charge in [-0.15, -0.1) is 0 Å². The summed E-state index contributed by atoms with van der Waals surface area (Å²) in [7, 11) is 1.76. The van der Waals surface area contributed by atoms with Crippen LogP contribution in [0.15, 0.2) is 0 Å². The van der Waals surface area contributed by atoms with Crippen LogP contribution in [-0.4, -0.2) is 49.7 Å². The zero-order valence-electron chi connectivity index (χ0n) is 10.9. The standard InChI is InChI=1S/C13H24N2O2/c1-10-3-6-14-12(9-10)13(16)15-7-4-11(17-2)5-8-15/h10-12,14H,3-9H2,1-2H3. The second kappa shape index (κ2) is 5.83. The van der Waals surface area contributed by atoms with Crippen LogP contribution >= 0.6 is 0 Å². The molecule has 0 bridgehead atoms. The SMILES string of the molecule is COC1CCN(C(=O)C2CC(C)CCN2)CC1. The lowest BCUT2D eigenvalue weighted by Crippen LogP contribution is -2.52. The van der Waals surface area contributed by atoms with Gasteiger partial charge in [0.1, 0.15) is 0 Å². The highest BCUT2D eigenvalue weighted by atomic mass is 16.5. The van der Waals surface area contributed by atoms with E-state index in [-0.39, 0.29) is 6.04 Å². The van der Waals surface area contributed by atoms with Gasteiger partial charge < -0.3 is 15.0 Å². The number of carbonyl (C=O) groups is 1. The lowest BCUT2D eigenvalue weighted by atomic mass is 9.93. The Kier molecular flexibility index (Phi) is 4.40. The first-order chi connectivity index (χ1) is 8.20. The molecule has 2 aliphatic heterocycles. The molecule has 1 N–H and O–H groups in total. The molecule has 2 fully saturated rings. The molecule has 0 aromatic rings. The highest BCUT2D eigenvalue weighted by Gasteiger charge is 2.30. The van der Waals surface area contributed by atoms with Crippen LogP contribution in [-0.2, 0) is 9.53 Å². The molecule has 98 valence electrons. The quantitative estimate of drug-likeness (QED) is 0.783. The monoisotopic (exact) mass is 240 g/mol. The van der Waals surface area contributed by atoms with Gasteiger partial charge in [0, 0.05) is 20.2 Å². The largest absolute Gasteiger partial charge is 0.381 e. The Morgan fingerprint density at radius 3 is 2.59 bits per heavy atom. The summed E-state index contributed by atoms with van der Waals surface area (Å²) in [6.45, 7) is 4.91. The van der Waals surface area contributed by atoms with E-state index < -0.39 is 0 Å². The summed E-state index contributed by atoms with van der Waals surface area (Å²) in [5.41, 5.74) is 0. The number of carbonyl (C=O) groups excluding carboxylic acids is 1. The van der Waals surface area contributed by atoms with E-state index in [1.165, 1.54) is 6.42 Å². The van der Waals surface area contributed by atoms with Gasteiger partial charge in [0.25, 0.3) is 0 Å². The molecule has 0 radical (unpaired) electrons. The topological polar surface area (TPSA) is 41.6 Å². The Morgan fingerprint density at radius 2 is 2.00 bits per heavy atom. The fraction of sp³-hybridized carbons (Fsp3) is 0.923. The molecule has 2 heterocycles. The van der Waals surface area contributed by atoms with E-state index in [9.17, 15) is 4.79 Å². The van der Waals surface area contributed by atoms with Gasteiger partial charge in [0.2, 0.25) is 5.91 Å². The summed E-state index contributed by atoms with van der Waals surface area (Å²) in [4.78, 5) is 14.3. The van der Waals surface area contributed by atoms with Gasteiger partial charge in [0.15, 0.2) is 0 Å². The predicted molar refractivity (Wildman–Crippen MR) is 66.8 cm³/mol. The molecule has 0 aliphatic carbocycles. The molecule has 1 amide bonds. The van der Waals surface area contributed by atoms with E-state index in [1.54, 1.807) is 7.11 Å². The maximum atomic E-state index is 12.3. The Morgan fingerprint density at radius 1 is 1.29 bits per heavy atom. The molecular formula is C13H24N2O2. The average Bonchev–Trinajstić information content (AvgIpc) is 2.38. The number of nitrogens with zero attached hydrogens (tertiary/aromatic N) is 1. The third-order valence-corrected chi connectivity index (χ3v) is 4.05. The molecule has 17 heavy (non-hydrogen) atoms. The average molecular weight is 240 g/mol.